The zero-order chi connectivity index (χ0) is 8.73. The maximum Gasteiger partial charge on any atom is 1.00 e. The summed E-state index contributed by atoms with van der Waals surface area (Å²) in [5.41, 5.74) is 0. The normalized spacial score (nSPS) is 6.18. The van der Waals surface area contributed by atoms with E-state index in [4.69, 9.17) is 35.1 Å². The first-order valence-corrected chi connectivity index (χ1v) is 1.65. The van der Waals surface area contributed by atoms with Crippen LogP contribution in [-0.2, 0) is 26.7 Å². The number of aliphatic carboxylic acids is 2. The summed E-state index contributed by atoms with van der Waals surface area (Å²) < 4.78 is 0. The Hall–Kier alpha value is -1.34. The van der Waals surface area contributed by atoms with Gasteiger partial charge in [0, 0.05) is 0 Å². The molecule has 0 aromatic heterocycles. The molecular formula is C2H2CuNO7. The zero-order valence-electron chi connectivity index (χ0n) is 4.68. The largest absolute Gasteiger partial charge is 1.00 e. The third kappa shape index (κ3) is 54.3. The van der Waals surface area contributed by atoms with E-state index in [2.05, 4.69) is 0 Å². The van der Waals surface area contributed by atoms with Crippen LogP contribution in [0.5, 0.6) is 0 Å². The molecule has 0 atom stereocenters. The van der Waals surface area contributed by atoms with Crippen molar-refractivity contribution in [2.45, 2.75) is 0 Å². The Kier molecular flexibility index (Phi) is 12.9. The van der Waals surface area contributed by atoms with Crippen LogP contribution in [0, 0.1) is 15.3 Å². The predicted molar refractivity (Wildman–Crippen MR) is 25.6 cm³/mol. The van der Waals surface area contributed by atoms with E-state index in [-0.39, 0.29) is 17.1 Å². The average molecular weight is 216 g/mol. The fraction of sp³-hybridized carbons (Fsp3) is 0. The van der Waals surface area contributed by atoms with Crippen LogP contribution in [-0.4, -0.2) is 27.2 Å². The van der Waals surface area contributed by atoms with Crippen LogP contribution in [0.15, 0.2) is 0 Å². The standard InChI is InChI=1S/C2H2O4.Cu.NO3/c3-1(4)2(5)6;;2-1(3)4/h(H,3,4)(H,5,6);;/q;+1;-1. The van der Waals surface area contributed by atoms with Gasteiger partial charge in [0.1, 0.15) is 0 Å². The van der Waals surface area contributed by atoms with E-state index in [0.717, 1.165) is 0 Å². The van der Waals surface area contributed by atoms with Crippen molar-refractivity contribution in [3.05, 3.63) is 15.3 Å². The molecule has 68 valence electrons. The number of rotatable bonds is 0. The number of hydrogen-bond donors (Lipinski definition) is 2. The van der Waals surface area contributed by atoms with Crippen molar-refractivity contribution >= 4 is 11.9 Å². The van der Waals surface area contributed by atoms with E-state index in [1.165, 1.54) is 0 Å². The maximum atomic E-state index is 9.10. The second kappa shape index (κ2) is 8.66. The summed E-state index contributed by atoms with van der Waals surface area (Å²) in [7, 11) is 0. The topological polar surface area (TPSA) is 141 Å². The van der Waals surface area contributed by atoms with E-state index < -0.39 is 17.0 Å². The quantitative estimate of drug-likeness (QED) is 0.226. The first-order chi connectivity index (χ1) is 4.37. The maximum absolute atomic E-state index is 9.10. The molecule has 2 N–H and O–H groups in total. The molecule has 0 heterocycles. The van der Waals surface area contributed by atoms with Gasteiger partial charge in [-0.05, 0) is 0 Å². The van der Waals surface area contributed by atoms with Crippen LogP contribution < -0.4 is 0 Å². The van der Waals surface area contributed by atoms with Gasteiger partial charge in [-0.25, -0.2) is 9.59 Å². The van der Waals surface area contributed by atoms with E-state index >= 15 is 0 Å². The molecule has 8 nitrogen and oxygen atoms in total. The molecule has 0 saturated carbocycles. The van der Waals surface area contributed by atoms with Gasteiger partial charge in [-0.3, -0.25) is 0 Å². The van der Waals surface area contributed by atoms with Crippen LogP contribution in [0.2, 0.25) is 0 Å². The van der Waals surface area contributed by atoms with Crippen LogP contribution in [0.25, 0.3) is 0 Å². The molecule has 0 spiro atoms. The third-order valence-electron chi connectivity index (χ3n) is 0.183. The van der Waals surface area contributed by atoms with Gasteiger partial charge in [0.05, 0.1) is 5.09 Å². The molecule has 0 aliphatic heterocycles. The Morgan fingerprint density at radius 2 is 1.18 bits per heavy atom. The van der Waals surface area contributed by atoms with Crippen molar-refractivity contribution < 1.29 is 42.0 Å². The van der Waals surface area contributed by atoms with Gasteiger partial charge in [-0.2, -0.15) is 0 Å². The number of nitrogens with zero attached hydrogens (tertiary/aromatic N) is 1. The predicted octanol–water partition coefficient (Wildman–Crippen LogP) is -1.09. The fourth-order valence-electron chi connectivity index (χ4n) is 0. The molecule has 0 radical (unpaired) electrons. The Bertz CT molecular complexity index is 139. The Labute approximate surface area is 70.0 Å². The minimum Gasteiger partial charge on any atom is -0.473 e. The van der Waals surface area contributed by atoms with Crippen LogP contribution >= 0.6 is 0 Å². The molecule has 0 aliphatic carbocycles. The molecular weight excluding hydrogens is 214 g/mol. The van der Waals surface area contributed by atoms with Gasteiger partial charge >= 0.3 is 29.0 Å². The molecule has 11 heavy (non-hydrogen) atoms. The van der Waals surface area contributed by atoms with Gasteiger partial charge < -0.3 is 25.5 Å². The van der Waals surface area contributed by atoms with Crippen molar-refractivity contribution in [3.63, 3.8) is 0 Å². The summed E-state index contributed by atoms with van der Waals surface area (Å²) in [5, 5.41) is 29.5. The molecule has 0 aromatic carbocycles. The summed E-state index contributed by atoms with van der Waals surface area (Å²) in [5.74, 6) is -3.65. The van der Waals surface area contributed by atoms with E-state index in [0.29, 0.717) is 0 Å². The molecule has 0 aromatic rings. The summed E-state index contributed by atoms with van der Waals surface area (Å²) in [6.07, 6.45) is 0. The molecule has 0 aliphatic rings. The molecule has 0 bridgehead atoms. The Morgan fingerprint density at radius 3 is 1.18 bits per heavy atom. The smallest absolute Gasteiger partial charge is 0.473 e. The van der Waals surface area contributed by atoms with Crippen molar-refractivity contribution in [2.24, 2.45) is 0 Å². The van der Waals surface area contributed by atoms with Crippen molar-refractivity contribution in [1.82, 2.24) is 0 Å². The first kappa shape index (κ1) is 16.3. The second-order valence-corrected chi connectivity index (χ2v) is 0.834. The second-order valence-electron chi connectivity index (χ2n) is 0.834. The summed E-state index contributed by atoms with van der Waals surface area (Å²) >= 11 is 0. The SMILES string of the molecule is O=C(O)C(=O)O.O=[N+]([O-])[O-].[Cu+]. The molecule has 0 saturated heterocycles. The van der Waals surface area contributed by atoms with Gasteiger partial charge in [0.15, 0.2) is 0 Å². The Balaban J connectivity index is -0.000000114. The minimum absolute atomic E-state index is 0. The first-order valence-electron chi connectivity index (χ1n) is 1.65. The van der Waals surface area contributed by atoms with Gasteiger partial charge in [0.2, 0.25) is 0 Å². The molecule has 0 unspecified atom stereocenters. The molecule has 9 heteroatoms. The average Bonchev–Trinajstić information content (AvgIpc) is 1.63. The van der Waals surface area contributed by atoms with E-state index in [1.807, 2.05) is 0 Å². The molecule has 0 amide bonds. The number of carboxylic acids is 2. The minimum atomic E-state index is -1.82. The van der Waals surface area contributed by atoms with Crippen LogP contribution in [0.4, 0.5) is 0 Å². The van der Waals surface area contributed by atoms with Gasteiger partial charge in [-0.15, -0.1) is 0 Å². The Morgan fingerprint density at radius 1 is 1.09 bits per heavy atom. The summed E-state index contributed by atoms with van der Waals surface area (Å²) in [6, 6.07) is 0. The zero-order valence-corrected chi connectivity index (χ0v) is 5.63. The number of carbonyl (C=O) groups is 2. The van der Waals surface area contributed by atoms with E-state index in [9.17, 15) is 0 Å². The van der Waals surface area contributed by atoms with Crippen molar-refractivity contribution in [1.29, 1.82) is 0 Å². The fourth-order valence-corrected chi connectivity index (χ4v) is 0. The van der Waals surface area contributed by atoms with Crippen molar-refractivity contribution in [2.75, 3.05) is 0 Å². The van der Waals surface area contributed by atoms with Crippen molar-refractivity contribution in [3.8, 4) is 0 Å². The summed E-state index contributed by atoms with van der Waals surface area (Å²) in [4.78, 5) is 26.4. The number of carboxylic acid groups (broad SMARTS) is 2. The van der Waals surface area contributed by atoms with Crippen LogP contribution in [0.1, 0.15) is 0 Å². The summed E-state index contributed by atoms with van der Waals surface area (Å²) in [6.45, 7) is 0. The monoisotopic (exact) mass is 215 g/mol. The van der Waals surface area contributed by atoms with Crippen LogP contribution in [0.3, 0.4) is 0 Å². The molecule has 0 rings (SSSR count). The molecule has 0 fully saturated rings. The van der Waals surface area contributed by atoms with E-state index in [1.54, 1.807) is 0 Å². The number of hydrogen-bond acceptors (Lipinski definition) is 5. The third-order valence-corrected chi connectivity index (χ3v) is 0.183. The van der Waals surface area contributed by atoms with Gasteiger partial charge in [-0.1, -0.05) is 0 Å². The van der Waals surface area contributed by atoms with Gasteiger partial charge in [0.25, 0.3) is 0 Å².